The topological polar surface area (TPSA) is 158 Å². The van der Waals surface area contributed by atoms with E-state index in [1.54, 1.807) is 0 Å². The van der Waals surface area contributed by atoms with Crippen LogP contribution in [0.4, 0.5) is 0 Å². The molecule has 2 bridgehead atoms. The third-order valence-electron chi connectivity index (χ3n) is 4.23. The quantitative estimate of drug-likeness (QED) is 0.301. The van der Waals surface area contributed by atoms with Crippen LogP contribution in [0.25, 0.3) is 0 Å². The van der Waals surface area contributed by atoms with Gasteiger partial charge in [0.1, 0.15) is 48.8 Å². The molecule has 3 heterocycles. The van der Waals surface area contributed by atoms with Gasteiger partial charge in [-0.3, -0.25) is 0 Å². The van der Waals surface area contributed by atoms with Crippen LogP contribution >= 0.6 is 0 Å². The fourth-order valence-corrected chi connectivity index (χ4v) is 2.94. The number of ether oxygens (including phenoxy) is 4. The molecule has 3 aliphatic rings. The van der Waals surface area contributed by atoms with Crippen LogP contribution in [-0.4, -0.2) is 105 Å². The molecule has 0 aromatic rings. The summed E-state index contributed by atoms with van der Waals surface area (Å²) in [5.74, 6) is 0. The predicted octanol–water partition coefficient (Wildman–Crippen LogP) is -4.11. The Balaban J connectivity index is 0.00000192. The molecule has 0 amide bonds. The Morgan fingerprint density at radius 1 is 0.955 bits per heavy atom. The van der Waals surface area contributed by atoms with Crippen LogP contribution in [0.5, 0.6) is 0 Å². The molecule has 0 spiro atoms. The molecule has 10 heteroatoms. The third kappa shape index (κ3) is 2.65. The third-order valence-corrected chi connectivity index (χ3v) is 4.23. The van der Waals surface area contributed by atoms with Gasteiger partial charge in [-0.2, -0.15) is 0 Å². The molecule has 10 nitrogen and oxygen atoms in total. The highest BCUT2D eigenvalue weighted by molar-refractivity contribution is 4.97. The van der Waals surface area contributed by atoms with E-state index in [0.717, 1.165) is 0 Å². The van der Waals surface area contributed by atoms with Gasteiger partial charge in [-0.25, -0.2) is 0 Å². The molecule has 0 aliphatic carbocycles. The van der Waals surface area contributed by atoms with Gasteiger partial charge < -0.3 is 49.6 Å². The van der Waals surface area contributed by atoms with Crippen LogP contribution in [0.15, 0.2) is 0 Å². The maximum absolute atomic E-state index is 9.93. The molecule has 0 radical (unpaired) electrons. The van der Waals surface area contributed by atoms with E-state index in [0.29, 0.717) is 0 Å². The molecule has 4 unspecified atom stereocenters. The molecule has 3 saturated heterocycles. The molecular formula is C12H22O10. The summed E-state index contributed by atoms with van der Waals surface area (Å²) in [5, 5.41) is 57.8. The van der Waals surface area contributed by atoms with Gasteiger partial charge in [0.05, 0.1) is 13.2 Å². The Morgan fingerprint density at radius 2 is 1.68 bits per heavy atom. The van der Waals surface area contributed by atoms with Gasteiger partial charge in [-0.1, -0.05) is 0 Å². The second kappa shape index (κ2) is 6.24. The lowest BCUT2D eigenvalue weighted by atomic mass is 9.98. The van der Waals surface area contributed by atoms with E-state index in [2.05, 4.69) is 0 Å². The number of aliphatic hydroxyl groups excluding tert-OH is 6. The lowest BCUT2D eigenvalue weighted by Gasteiger charge is -2.43. The van der Waals surface area contributed by atoms with E-state index in [1.165, 1.54) is 0 Å². The van der Waals surface area contributed by atoms with Crippen molar-refractivity contribution in [2.75, 3.05) is 13.2 Å². The Morgan fingerprint density at radius 3 is 2.36 bits per heavy atom. The van der Waals surface area contributed by atoms with Crippen molar-refractivity contribution in [3.8, 4) is 0 Å². The molecule has 3 rings (SSSR count). The first-order valence-electron chi connectivity index (χ1n) is 7.03. The minimum Gasteiger partial charge on any atom is -0.394 e. The predicted molar refractivity (Wildman–Crippen MR) is 67.4 cm³/mol. The molecule has 130 valence electrons. The second-order valence-corrected chi connectivity index (χ2v) is 5.65. The average Bonchev–Trinajstić information content (AvgIpc) is 2.82. The number of fused-ring (bicyclic) bond motifs is 2. The largest absolute Gasteiger partial charge is 0.394 e. The SMILES string of the molecule is OCC1O[C@@H](O[C@H]2C3OC[C@H]2O[C@@H](O)C3O)C(O)[C@@H](O)[C@H]1O.[HH]. The van der Waals surface area contributed by atoms with Crippen molar-refractivity contribution >= 4 is 0 Å². The van der Waals surface area contributed by atoms with E-state index < -0.39 is 68.0 Å². The lowest BCUT2D eigenvalue weighted by molar-refractivity contribution is -0.336. The standard InChI is InChI=1S/C12H20O10.H2/c13-1-3-5(14)6(15)7(16)12(21-3)22-9-4-2-19-10(9)8(17)11(18)20-4;/h3-18H,1-2H2;1H/t3?,4-,5+,6+,7?,8?,9-,10?,11-,12+;/m1./s1. The molecule has 22 heavy (non-hydrogen) atoms. The zero-order valence-electron chi connectivity index (χ0n) is 11.5. The maximum atomic E-state index is 9.93. The molecule has 3 fully saturated rings. The molecule has 0 aromatic carbocycles. The normalized spacial score (nSPS) is 55.4. The van der Waals surface area contributed by atoms with Gasteiger partial charge in [0, 0.05) is 1.43 Å². The Kier molecular flexibility index (Phi) is 4.67. The molecular weight excluding hydrogens is 304 g/mol. The number of hydrogen-bond acceptors (Lipinski definition) is 10. The van der Waals surface area contributed by atoms with Crippen molar-refractivity contribution in [1.29, 1.82) is 0 Å². The van der Waals surface area contributed by atoms with E-state index >= 15 is 0 Å². The Labute approximate surface area is 126 Å². The zero-order chi connectivity index (χ0) is 16.0. The van der Waals surface area contributed by atoms with Gasteiger partial charge in [0.25, 0.3) is 0 Å². The summed E-state index contributed by atoms with van der Waals surface area (Å²) in [6, 6.07) is 0. The van der Waals surface area contributed by atoms with E-state index in [9.17, 15) is 25.5 Å². The summed E-state index contributed by atoms with van der Waals surface area (Å²) < 4.78 is 21.2. The fourth-order valence-electron chi connectivity index (χ4n) is 2.94. The van der Waals surface area contributed by atoms with E-state index in [1.807, 2.05) is 0 Å². The first kappa shape index (κ1) is 16.5. The fraction of sp³-hybridized carbons (Fsp3) is 1.00. The Hall–Kier alpha value is -0.400. The van der Waals surface area contributed by atoms with Crippen LogP contribution in [0.2, 0.25) is 0 Å². The monoisotopic (exact) mass is 326 g/mol. The Bertz CT molecular complexity index is 398. The minimum atomic E-state index is -1.56. The first-order chi connectivity index (χ1) is 10.4. The van der Waals surface area contributed by atoms with Gasteiger partial charge in [-0.05, 0) is 0 Å². The van der Waals surface area contributed by atoms with Crippen LogP contribution in [-0.2, 0) is 18.9 Å². The van der Waals surface area contributed by atoms with E-state index in [4.69, 9.17) is 24.1 Å². The van der Waals surface area contributed by atoms with Gasteiger partial charge in [0.15, 0.2) is 12.6 Å². The van der Waals surface area contributed by atoms with Crippen molar-refractivity contribution < 1.29 is 51.0 Å². The number of aliphatic hydroxyl groups is 6. The van der Waals surface area contributed by atoms with Crippen LogP contribution in [0.3, 0.4) is 0 Å². The highest BCUT2D eigenvalue weighted by Gasteiger charge is 2.54. The van der Waals surface area contributed by atoms with Gasteiger partial charge >= 0.3 is 0 Å². The lowest BCUT2D eigenvalue weighted by Crippen LogP contribution is -2.62. The summed E-state index contributed by atoms with van der Waals surface area (Å²) in [6.07, 6.45) is -12.1. The highest BCUT2D eigenvalue weighted by Crippen LogP contribution is 2.33. The van der Waals surface area contributed by atoms with Crippen molar-refractivity contribution in [3.63, 3.8) is 0 Å². The molecule has 6 N–H and O–H groups in total. The number of hydrogen-bond donors (Lipinski definition) is 6. The van der Waals surface area contributed by atoms with Crippen molar-refractivity contribution in [3.05, 3.63) is 0 Å². The highest BCUT2D eigenvalue weighted by atomic mass is 16.7. The van der Waals surface area contributed by atoms with Crippen molar-refractivity contribution in [1.82, 2.24) is 0 Å². The van der Waals surface area contributed by atoms with Crippen molar-refractivity contribution in [2.24, 2.45) is 0 Å². The summed E-state index contributed by atoms with van der Waals surface area (Å²) in [7, 11) is 0. The average molecular weight is 326 g/mol. The maximum Gasteiger partial charge on any atom is 0.187 e. The van der Waals surface area contributed by atoms with E-state index in [-0.39, 0.29) is 8.03 Å². The van der Waals surface area contributed by atoms with Crippen LogP contribution < -0.4 is 0 Å². The summed E-state index contributed by atoms with van der Waals surface area (Å²) in [5.41, 5.74) is 0. The van der Waals surface area contributed by atoms with Crippen LogP contribution in [0.1, 0.15) is 1.43 Å². The summed E-state index contributed by atoms with van der Waals surface area (Å²) >= 11 is 0. The molecule has 0 aromatic heterocycles. The summed E-state index contributed by atoms with van der Waals surface area (Å²) in [6.45, 7) is -0.489. The van der Waals surface area contributed by atoms with Crippen LogP contribution in [0, 0.1) is 0 Å². The van der Waals surface area contributed by atoms with Crippen molar-refractivity contribution in [2.45, 2.75) is 61.4 Å². The smallest absolute Gasteiger partial charge is 0.187 e. The minimum absolute atomic E-state index is 0. The van der Waals surface area contributed by atoms with Gasteiger partial charge in [0.2, 0.25) is 0 Å². The molecule has 0 saturated carbocycles. The molecule has 10 atom stereocenters. The zero-order valence-corrected chi connectivity index (χ0v) is 11.5. The summed E-state index contributed by atoms with van der Waals surface area (Å²) in [4.78, 5) is 0. The second-order valence-electron chi connectivity index (χ2n) is 5.65. The first-order valence-corrected chi connectivity index (χ1v) is 7.03. The molecule has 3 aliphatic heterocycles. The van der Waals surface area contributed by atoms with Gasteiger partial charge in [-0.15, -0.1) is 0 Å². The number of rotatable bonds is 3.